The second kappa shape index (κ2) is 5.71. The van der Waals surface area contributed by atoms with Gasteiger partial charge in [-0.05, 0) is 31.0 Å². The molecule has 2 aliphatic heterocycles. The van der Waals surface area contributed by atoms with E-state index in [1.54, 1.807) is 17.0 Å². The van der Waals surface area contributed by atoms with Crippen LogP contribution in [0.5, 0.6) is 0 Å². The minimum absolute atomic E-state index is 0.141. The van der Waals surface area contributed by atoms with Crippen molar-refractivity contribution in [2.45, 2.75) is 12.8 Å². The minimum Gasteiger partial charge on any atom is -0.342 e. The number of hydrogen-bond acceptors (Lipinski definition) is 3. The Morgan fingerprint density at radius 1 is 1.25 bits per heavy atom. The minimum atomic E-state index is -0.141. The number of aliphatic imine (C=N–C) groups is 1. The van der Waals surface area contributed by atoms with Crippen molar-refractivity contribution in [2.75, 3.05) is 31.5 Å². The number of guanidine groups is 1. The van der Waals surface area contributed by atoms with E-state index in [0.717, 1.165) is 38.4 Å². The number of amides is 2. The van der Waals surface area contributed by atoms with Gasteiger partial charge in [-0.1, -0.05) is 17.7 Å². The van der Waals surface area contributed by atoms with Crippen molar-refractivity contribution in [2.24, 2.45) is 4.99 Å². The van der Waals surface area contributed by atoms with Crippen LogP contribution in [0, 0.1) is 0 Å². The molecule has 2 amide bonds. The highest BCUT2D eigenvalue weighted by atomic mass is 35.5. The molecule has 2 heterocycles. The van der Waals surface area contributed by atoms with E-state index in [2.05, 4.69) is 15.2 Å². The van der Waals surface area contributed by atoms with E-state index in [4.69, 9.17) is 11.6 Å². The van der Waals surface area contributed by atoms with E-state index in [1.807, 2.05) is 12.1 Å². The number of nitrogens with one attached hydrogen (secondary N) is 1. The van der Waals surface area contributed by atoms with Crippen LogP contribution in [0.4, 0.5) is 10.5 Å². The van der Waals surface area contributed by atoms with E-state index in [-0.39, 0.29) is 6.03 Å². The molecule has 1 saturated heterocycles. The fraction of sp³-hybridized carbons (Fsp3) is 0.429. The summed E-state index contributed by atoms with van der Waals surface area (Å²) in [6.45, 7) is 3.48. The largest absolute Gasteiger partial charge is 0.342 e. The van der Waals surface area contributed by atoms with Gasteiger partial charge in [0.25, 0.3) is 0 Å². The Bertz CT molecular complexity index is 546. The zero-order valence-electron chi connectivity index (χ0n) is 11.2. The molecule has 0 aromatic heterocycles. The Morgan fingerprint density at radius 3 is 2.95 bits per heavy atom. The van der Waals surface area contributed by atoms with Crippen LogP contribution in [0.25, 0.3) is 0 Å². The van der Waals surface area contributed by atoms with Crippen LogP contribution in [0.2, 0.25) is 5.02 Å². The Kier molecular flexibility index (Phi) is 3.78. The van der Waals surface area contributed by atoms with Crippen molar-refractivity contribution in [1.29, 1.82) is 0 Å². The van der Waals surface area contributed by atoms with Crippen molar-refractivity contribution >= 4 is 29.3 Å². The normalized spacial score (nSPS) is 18.4. The first kappa shape index (κ1) is 13.2. The summed E-state index contributed by atoms with van der Waals surface area (Å²) in [4.78, 5) is 20.8. The van der Waals surface area contributed by atoms with Gasteiger partial charge in [0.1, 0.15) is 0 Å². The van der Waals surface area contributed by atoms with Crippen molar-refractivity contribution in [3.63, 3.8) is 0 Å². The van der Waals surface area contributed by atoms with E-state index in [1.165, 1.54) is 0 Å². The third kappa shape index (κ3) is 2.72. The number of rotatable bonds is 1. The lowest BCUT2D eigenvalue weighted by atomic mass is 10.2. The van der Waals surface area contributed by atoms with E-state index < -0.39 is 0 Å². The quantitative estimate of drug-likeness (QED) is 0.865. The third-order valence-electron chi connectivity index (χ3n) is 3.49. The standard InChI is InChI=1S/C14H17ClN4O/c15-11-4-1-5-12(10-11)17-14(20)19-9-3-8-18-7-2-6-16-13(18)19/h1,4-5,10H,2-3,6-9H2,(H,17,20). The van der Waals surface area contributed by atoms with Gasteiger partial charge in [0.15, 0.2) is 0 Å². The van der Waals surface area contributed by atoms with Crippen LogP contribution in [-0.4, -0.2) is 48.0 Å². The Hall–Kier alpha value is -1.75. The molecule has 6 heteroatoms. The molecule has 2 aliphatic rings. The molecular formula is C14H17ClN4O. The summed E-state index contributed by atoms with van der Waals surface area (Å²) >= 11 is 5.93. The number of carbonyl (C=O) groups is 1. The SMILES string of the molecule is O=C(Nc1cccc(Cl)c1)N1CCCN2CCCN=C21. The van der Waals surface area contributed by atoms with Crippen LogP contribution in [0.15, 0.2) is 29.3 Å². The average molecular weight is 293 g/mol. The number of carbonyl (C=O) groups excluding carboxylic acids is 1. The van der Waals surface area contributed by atoms with Crippen molar-refractivity contribution in [3.8, 4) is 0 Å². The molecule has 0 saturated carbocycles. The van der Waals surface area contributed by atoms with Gasteiger partial charge in [-0.15, -0.1) is 0 Å². The molecule has 1 fully saturated rings. The van der Waals surface area contributed by atoms with Crippen LogP contribution >= 0.6 is 11.6 Å². The molecule has 0 radical (unpaired) electrons. The van der Waals surface area contributed by atoms with Crippen molar-refractivity contribution in [3.05, 3.63) is 29.3 Å². The molecule has 1 N–H and O–H groups in total. The number of nitrogens with zero attached hydrogens (tertiary/aromatic N) is 3. The Labute approximate surface area is 123 Å². The van der Waals surface area contributed by atoms with E-state index >= 15 is 0 Å². The number of benzene rings is 1. The lowest BCUT2D eigenvalue weighted by molar-refractivity contribution is 0.211. The number of fused-ring (bicyclic) bond motifs is 1. The maximum atomic E-state index is 12.4. The summed E-state index contributed by atoms with van der Waals surface area (Å²) in [5, 5.41) is 3.49. The van der Waals surface area contributed by atoms with Gasteiger partial charge in [-0.25, -0.2) is 4.79 Å². The second-order valence-corrected chi connectivity index (χ2v) is 5.40. The highest BCUT2D eigenvalue weighted by Gasteiger charge is 2.29. The summed E-state index contributed by atoms with van der Waals surface area (Å²) in [7, 11) is 0. The monoisotopic (exact) mass is 292 g/mol. The van der Waals surface area contributed by atoms with E-state index in [9.17, 15) is 4.79 Å². The van der Waals surface area contributed by atoms with Gasteiger partial charge in [0, 0.05) is 36.9 Å². The van der Waals surface area contributed by atoms with Crippen molar-refractivity contribution < 1.29 is 4.79 Å². The number of halogens is 1. The fourth-order valence-electron chi connectivity index (χ4n) is 2.58. The lowest BCUT2D eigenvalue weighted by Crippen LogP contribution is -2.55. The summed E-state index contributed by atoms with van der Waals surface area (Å²) in [6, 6.07) is 7.03. The fourth-order valence-corrected chi connectivity index (χ4v) is 2.77. The van der Waals surface area contributed by atoms with E-state index in [0.29, 0.717) is 17.3 Å². The van der Waals surface area contributed by atoms with Gasteiger partial charge >= 0.3 is 6.03 Å². The molecule has 0 unspecified atom stereocenters. The maximum absolute atomic E-state index is 12.4. The molecule has 106 valence electrons. The zero-order valence-corrected chi connectivity index (χ0v) is 11.9. The molecule has 0 atom stereocenters. The van der Waals surface area contributed by atoms with Crippen LogP contribution < -0.4 is 5.32 Å². The van der Waals surface area contributed by atoms with Gasteiger partial charge in [-0.2, -0.15) is 0 Å². The summed E-state index contributed by atoms with van der Waals surface area (Å²) in [5.41, 5.74) is 0.705. The highest BCUT2D eigenvalue weighted by molar-refractivity contribution is 6.30. The summed E-state index contributed by atoms with van der Waals surface area (Å²) in [5.74, 6) is 0.807. The van der Waals surface area contributed by atoms with Crippen LogP contribution in [0.3, 0.4) is 0 Å². The van der Waals surface area contributed by atoms with Crippen molar-refractivity contribution in [1.82, 2.24) is 9.80 Å². The van der Waals surface area contributed by atoms with Crippen LogP contribution in [0.1, 0.15) is 12.8 Å². The molecule has 5 nitrogen and oxygen atoms in total. The summed E-state index contributed by atoms with van der Waals surface area (Å²) in [6.07, 6.45) is 2.04. The summed E-state index contributed by atoms with van der Waals surface area (Å²) < 4.78 is 0. The average Bonchev–Trinajstić information content (AvgIpc) is 2.46. The smallest absolute Gasteiger partial charge is 0.328 e. The Morgan fingerprint density at radius 2 is 2.10 bits per heavy atom. The molecule has 1 aromatic carbocycles. The number of hydrogen-bond donors (Lipinski definition) is 1. The molecule has 3 rings (SSSR count). The van der Waals surface area contributed by atoms with Gasteiger partial charge in [0.05, 0.1) is 0 Å². The van der Waals surface area contributed by atoms with Gasteiger partial charge < -0.3 is 10.2 Å². The predicted molar refractivity (Wildman–Crippen MR) is 80.3 cm³/mol. The lowest BCUT2D eigenvalue weighted by Gasteiger charge is -2.39. The Balaban J connectivity index is 1.74. The van der Waals surface area contributed by atoms with Gasteiger partial charge in [-0.3, -0.25) is 9.89 Å². The highest BCUT2D eigenvalue weighted by Crippen LogP contribution is 2.18. The molecular weight excluding hydrogens is 276 g/mol. The predicted octanol–water partition coefficient (Wildman–Crippen LogP) is 2.64. The third-order valence-corrected chi connectivity index (χ3v) is 3.73. The first-order chi connectivity index (χ1) is 9.74. The second-order valence-electron chi connectivity index (χ2n) is 4.97. The molecule has 20 heavy (non-hydrogen) atoms. The molecule has 0 aliphatic carbocycles. The topological polar surface area (TPSA) is 47.9 Å². The first-order valence-corrected chi connectivity index (χ1v) is 7.25. The van der Waals surface area contributed by atoms with Gasteiger partial charge in [0.2, 0.25) is 5.96 Å². The molecule has 1 aromatic rings. The zero-order chi connectivity index (χ0) is 13.9. The number of anilines is 1. The molecule has 0 spiro atoms. The maximum Gasteiger partial charge on any atom is 0.328 e. The molecule has 0 bridgehead atoms. The first-order valence-electron chi connectivity index (χ1n) is 6.87. The number of urea groups is 1. The van der Waals surface area contributed by atoms with Crippen LogP contribution in [-0.2, 0) is 0 Å².